The summed E-state index contributed by atoms with van der Waals surface area (Å²) >= 11 is 1.07. The van der Waals surface area contributed by atoms with Crippen molar-refractivity contribution in [1.29, 1.82) is 0 Å². The number of hydrogen-bond donors (Lipinski definition) is 2. The number of fused-ring (bicyclic) bond motifs is 1. The first kappa shape index (κ1) is 22.2. The summed E-state index contributed by atoms with van der Waals surface area (Å²) in [5.41, 5.74) is 1.03. The Kier molecular flexibility index (Phi) is 5.93. The van der Waals surface area contributed by atoms with E-state index in [1.54, 1.807) is 13.0 Å². The van der Waals surface area contributed by atoms with Crippen molar-refractivity contribution in [3.63, 3.8) is 0 Å². The Morgan fingerprint density at radius 1 is 1.03 bits per heavy atom. The molecule has 5 nitrogen and oxygen atoms in total. The fourth-order valence-corrected chi connectivity index (χ4v) is 4.41. The van der Waals surface area contributed by atoms with E-state index in [1.165, 1.54) is 48.5 Å². The molecule has 4 aromatic rings. The van der Waals surface area contributed by atoms with Crippen LogP contribution in [0.2, 0.25) is 0 Å². The summed E-state index contributed by atoms with van der Waals surface area (Å²) in [7, 11) is 0. The number of carboxylic acids is 1. The van der Waals surface area contributed by atoms with Crippen LogP contribution >= 0.6 is 11.3 Å². The second-order valence-corrected chi connectivity index (χ2v) is 8.24. The summed E-state index contributed by atoms with van der Waals surface area (Å²) in [6, 6.07) is 12.2. The van der Waals surface area contributed by atoms with Crippen molar-refractivity contribution >= 4 is 39.3 Å². The number of ketones is 1. The highest BCUT2D eigenvalue weighted by Crippen LogP contribution is 2.43. The Hall–Kier alpha value is -4.04. The topological polar surface area (TPSA) is 83.8 Å². The van der Waals surface area contributed by atoms with E-state index in [-0.39, 0.29) is 27.7 Å². The molecule has 0 aliphatic heterocycles. The molecule has 1 aromatic heterocycles. The molecular weight excluding hydrogens is 450 g/mol. The molecule has 1 heterocycles. The lowest BCUT2D eigenvalue weighted by Gasteiger charge is -2.10. The molecular formula is C25H16F2O5S. The lowest BCUT2D eigenvalue weighted by Crippen LogP contribution is -2.04. The fraction of sp³-hybridized carbons (Fsp3) is 0.0400. The minimum absolute atomic E-state index is 0.00647. The van der Waals surface area contributed by atoms with Crippen LogP contribution in [0.5, 0.6) is 17.2 Å². The van der Waals surface area contributed by atoms with Crippen LogP contribution in [0.15, 0.2) is 60.7 Å². The SMILES string of the molecule is Cc1cc(F)ccc1C(=O)c1sc2cc(O)ccc2c1Oc1ccc(/C=C/C(=O)O)cc1F. The molecule has 3 aromatic carbocycles. The van der Waals surface area contributed by atoms with Crippen LogP contribution in [0.3, 0.4) is 0 Å². The number of thiophene rings is 1. The van der Waals surface area contributed by atoms with Gasteiger partial charge >= 0.3 is 5.97 Å². The molecule has 0 aliphatic rings. The van der Waals surface area contributed by atoms with E-state index in [2.05, 4.69) is 0 Å². The highest BCUT2D eigenvalue weighted by molar-refractivity contribution is 7.21. The Morgan fingerprint density at radius 3 is 2.52 bits per heavy atom. The minimum Gasteiger partial charge on any atom is -0.508 e. The maximum Gasteiger partial charge on any atom is 0.328 e. The van der Waals surface area contributed by atoms with Crippen molar-refractivity contribution in [1.82, 2.24) is 0 Å². The van der Waals surface area contributed by atoms with Gasteiger partial charge in [-0.3, -0.25) is 4.79 Å². The lowest BCUT2D eigenvalue weighted by atomic mass is 10.0. The summed E-state index contributed by atoms with van der Waals surface area (Å²) in [5, 5.41) is 19.1. The second-order valence-electron chi connectivity index (χ2n) is 7.19. The van der Waals surface area contributed by atoms with E-state index in [0.29, 0.717) is 21.2 Å². The van der Waals surface area contributed by atoms with Gasteiger partial charge in [-0.05, 0) is 72.7 Å². The third-order valence-electron chi connectivity index (χ3n) is 4.85. The smallest absolute Gasteiger partial charge is 0.328 e. The van der Waals surface area contributed by atoms with Crippen LogP contribution < -0.4 is 4.74 Å². The van der Waals surface area contributed by atoms with E-state index in [4.69, 9.17) is 9.84 Å². The Balaban J connectivity index is 1.80. The maximum atomic E-state index is 14.7. The number of phenolic OH excluding ortho intramolecular Hbond substituents is 1. The molecule has 8 heteroatoms. The molecule has 2 N–H and O–H groups in total. The number of ether oxygens (including phenoxy) is 1. The van der Waals surface area contributed by atoms with E-state index in [0.717, 1.165) is 23.5 Å². The number of rotatable bonds is 6. The third kappa shape index (κ3) is 4.61. The van der Waals surface area contributed by atoms with Crippen molar-refractivity contribution in [2.24, 2.45) is 0 Å². The Bertz CT molecular complexity index is 1440. The fourth-order valence-electron chi connectivity index (χ4n) is 3.30. The number of aryl methyl sites for hydroxylation is 1. The maximum absolute atomic E-state index is 14.7. The molecule has 0 spiro atoms. The first-order valence-corrected chi connectivity index (χ1v) is 10.5. The third-order valence-corrected chi connectivity index (χ3v) is 5.99. The van der Waals surface area contributed by atoms with Crippen LogP contribution in [-0.2, 0) is 4.79 Å². The minimum atomic E-state index is -1.16. The largest absolute Gasteiger partial charge is 0.508 e. The molecule has 0 saturated heterocycles. The summed E-state index contributed by atoms with van der Waals surface area (Å²) in [6.07, 6.45) is 2.13. The Labute approximate surface area is 190 Å². The van der Waals surface area contributed by atoms with Gasteiger partial charge in [-0.15, -0.1) is 11.3 Å². The molecule has 0 aliphatic carbocycles. The van der Waals surface area contributed by atoms with Crippen LogP contribution in [-0.4, -0.2) is 22.0 Å². The first-order valence-electron chi connectivity index (χ1n) is 9.67. The van der Waals surface area contributed by atoms with Gasteiger partial charge in [0.25, 0.3) is 0 Å². The molecule has 4 rings (SSSR count). The van der Waals surface area contributed by atoms with Crippen molar-refractivity contribution in [3.8, 4) is 17.2 Å². The number of carboxylic acid groups (broad SMARTS) is 1. The van der Waals surface area contributed by atoms with Gasteiger partial charge in [-0.2, -0.15) is 0 Å². The monoisotopic (exact) mass is 466 g/mol. The van der Waals surface area contributed by atoms with Crippen molar-refractivity contribution in [2.45, 2.75) is 6.92 Å². The standard InChI is InChI=1S/C25H16F2O5S/c1-13-10-15(26)4-6-17(13)23(31)25-24(18-7-5-16(28)12-21(18)33-25)32-20-8-2-14(11-19(20)27)3-9-22(29)30/h2-12,28H,1H3,(H,29,30)/b9-3+. The number of phenols is 1. The van der Waals surface area contributed by atoms with Gasteiger partial charge in [0.2, 0.25) is 5.78 Å². The molecule has 33 heavy (non-hydrogen) atoms. The van der Waals surface area contributed by atoms with Crippen molar-refractivity contribution in [3.05, 3.63) is 93.9 Å². The highest BCUT2D eigenvalue weighted by atomic mass is 32.1. The molecule has 0 amide bonds. The second kappa shape index (κ2) is 8.84. The molecule has 166 valence electrons. The Morgan fingerprint density at radius 2 is 1.82 bits per heavy atom. The van der Waals surface area contributed by atoms with Gasteiger partial charge in [0.1, 0.15) is 16.4 Å². The number of carbonyl (C=O) groups is 2. The van der Waals surface area contributed by atoms with Crippen LogP contribution in [0.1, 0.15) is 26.4 Å². The zero-order chi connectivity index (χ0) is 23.7. The molecule has 0 saturated carbocycles. The van der Waals surface area contributed by atoms with Gasteiger partial charge in [0.05, 0.1) is 0 Å². The lowest BCUT2D eigenvalue weighted by molar-refractivity contribution is -0.131. The summed E-state index contributed by atoms with van der Waals surface area (Å²) in [4.78, 5) is 24.2. The number of hydrogen-bond acceptors (Lipinski definition) is 5. The van der Waals surface area contributed by atoms with E-state index >= 15 is 0 Å². The summed E-state index contributed by atoms with van der Waals surface area (Å²) in [6.45, 7) is 1.61. The number of carbonyl (C=O) groups excluding carboxylic acids is 1. The zero-order valence-electron chi connectivity index (χ0n) is 17.1. The average molecular weight is 466 g/mol. The van der Waals surface area contributed by atoms with Gasteiger partial charge in [-0.1, -0.05) is 6.07 Å². The highest BCUT2D eigenvalue weighted by Gasteiger charge is 2.24. The number of benzene rings is 3. The molecule has 0 unspecified atom stereocenters. The number of halogens is 2. The number of aliphatic carboxylic acids is 1. The van der Waals surface area contributed by atoms with Crippen LogP contribution in [0, 0.1) is 18.6 Å². The van der Waals surface area contributed by atoms with Gasteiger partial charge in [-0.25, -0.2) is 13.6 Å². The van der Waals surface area contributed by atoms with Crippen molar-refractivity contribution in [2.75, 3.05) is 0 Å². The summed E-state index contributed by atoms with van der Waals surface area (Å²) in [5.74, 6) is -2.88. The predicted octanol–water partition coefficient (Wildman–Crippen LogP) is 6.31. The van der Waals surface area contributed by atoms with Crippen molar-refractivity contribution < 1.29 is 33.3 Å². The van der Waals surface area contributed by atoms with Gasteiger partial charge in [0, 0.05) is 21.7 Å². The molecule has 0 fully saturated rings. The van der Waals surface area contributed by atoms with Crippen LogP contribution in [0.25, 0.3) is 16.2 Å². The van der Waals surface area contributed by atoms with Gasteiger partial charge in [0.15, 0.2) is 17.3 Å². The predicted molar refractivity (Wildman–Crippen MR) is 121 cm³/mol. The molecule has 0 atom stereocenters. The normalized spacial score (nSPS) is 11.2. The number of aromatic hydroxyl groups is 1. The van der Waals surface area contributed by atoms with E-state index in [9.17, 15) is 23.5 Å². The zero-order valence-corrected chi connectivity index (χ0v) is 18.0. The van der Waals surface area contributed by atoms with E-state index in [1.807, 2.05) is 0 Å². The molecule has 0 radical (unpaired) electrons. The summed E-state index contributed by atoms with van der Waals surface area (Å²) < 4.78 is 34.6. The first-order chi connectivity index (χ1) is 15.7. The quantitative estimate of drug-likeness (QED) is 0.257. The van der Waals surface area contributed by atoms with Crippen LogP contribution in [0.4, 0.5) is 8.78 Å². The molecule has 0 bridgehead atoms. The average Bonchev–Trinajstić information content (AvgIpc) is 3.10. The van der Waals surface area contributed by atoms with E-state index < -0.39 is 23.4 Å². The van der Waals surface area contributed by atoms with Gasteiger partial charge < -0.3 is 14.9 Å².